The number of hydrogen-bond donors (Lipinski definition) is 0. The Hall–Kier alpha value is -2.44. The summed E-state index contributed by atoms with van der Waals surface area (Å²) in [7, 11) is -3.05. The molecule has 0 saturated carbocycles. The van der Waals surface area contributed by atoms with Crippen LogP contribution in [0.15, 0.2) is 72.8 Å². The van der Waals surface area contributed by atoms with Crippen molar-refractivity contribution in [3.8, 4) is 0 Å². The van der Waals surface area contributed by atoms with Crippen LogP contribution in [0.1, 0.15) is 27.0 Å². The zero-order chi connectivity index (χ0) is 18.7. The fourth-order valence-corrected chi connectivity index (χ4v) is 6.10. The molecule has 0 amide bonds. The maximum absolute atomic E-state index is 14.1. The van der Waals surface area contributed by atoms with E-state index in [-0.39, 0.29) is 11.9 Å². The monoisotopic (exact) mass is 362 g/mol. The Balaban J connectivity index is 2.08. The van der Waals surface area contributed by atoms with Gasteiger partial charge < -0.3 is 4.57 Å². The van der Waals surface area contributed by atoms with Crippen LogP contribution in [-0.4, -0.2) is 11.9 Å². The number of carbonyl (C=O) groups excluding carboxylic acids is 1. The molecule has 0 atom stereocenters. The summed E-state index contributed by atoms with van der Waals surface area (Å²) in [6.45, 7) is 5.92. The maximum atomic E-state index is 14.1. The third kappa shape index (κ3) is 3.57. The standard InChI is InChI=1S/C23H23O2P/c1-17-14-18(2)23(19(3)15-17)22(24)16-26(25,20-10-6-4-7-11-20)21-12-8-5-9-13-21/h4-15H,16H2,1-3H3. The van der Waals surface area contributed by atoms with Gasteiger partial charge in [-0.3, -0.25) is 4.79 Å². The normalized spacial score (nSPS) is 11.3. The number of ketones is 1. The first-order valence-electron chi connectivity index (χ1n) is 8.73. The molecular weight excluding hydrogens is 339 g/mol. The van der Waals surface area contributed by atoms with Crippen LogP contribution in [0.4, 0.5) is 0 Å². The van der Waals surface area contributed by atoms with Gasteiger partial charge in [0.05, 0.1) is 6.16 Å². The average molecular weight is 362 g/mol. The van der Waals surface area contributed by atoms with E-state index >= 15 is 0 Å². The van der Waals surface area contributed by atoms with Gasteiger partial charge in [-0.1, -0.05) is 78.4 Å². The van der Waals surface area contributed by atoms with Crippen molar-refractivity contribution < 1.29 is 9.36 Å². The molecule has 0 aliphatic heterocycles. The maximum Gasteiger partial charge on any atom is 0.171 e. The van der Waals surface area contributed by atoms with Crippen molar-refractivity contribution in [2.45, 2.75) is 20.8 Å². The molecule has 0 fully saturated rings. The van der Waals surface area contributed by atoms with Crippen molar-refractivity contribution in [2.24, 2.45) is 0 Å². The second-order valence-electron chi connectivity index (χ2n) is 6.77. The Morgan fingerprint density at radius 3 is 1.62 bits per heavy atom. The molecule has 0 saturated heterocycles. The minimum absolute atomic E-state index is 0.00572. The van der Waals surface area contributed by atoms with Crippen LogP contribution in [0.3, 0.4) is 0 Å². The Morgan fingerprint density at radius 2 is 1.19 bits per heavy atom. The molecule has 3 aromatic rings. The fourth-order valence-electron chi connectivity index (χ4n) is 3.57. The molecule has 0 aromatic heterocycles. The highest BCUT2D eigenvalue weighted by Crippen LogP contribution is 2.44. The molecule has 2 nitrogen and oxygen atoms in total. The number of aryl methyl sites for hydroxylation is 3. The number of benzene rings is 3. The van der Waals surface area contributed by atoms with Crippen LogP contribution in [0.2, 0.25) is 0 Å². The Bertz CT molecular complexity index is 909. The molecule has 132 valence electrons. The second kappa shape index (κ2) is 7.43. The van der Waals surface area contributed by atoms with Gasteiger partial charge in [-0.05, 0) is 31.9 Å². The molecule has 0 radical (unpaired) electrons. The predicted molar refractivity (Wildman–Crippen MR) is 110 cm³/mol. The van der Waals surface area contributed by atoms with Crippen molar-refractivity contribution in [1.29, 1.82) is 0 Å². The van der Waals surface area contributed by atoms with E-state index in [1.165, 1.54) is 0 Å². The largest absolute Gasteiger partial charge is 0.313 e. The highest BCUT2D eigenvalue weighted by Gasteiger charge is 2.31. The summed E-state index contributed by atoms with van der Waals surface area (Å²) in [5.74, 6) is -0.0592. The lowest BCUT2D eigenvalue weighted by atomic mass is 9.97. The predicted octanol–water partition coefficient (Wildman–Crippen LogP) is 4.81. The van der Waals surface area contributed by atoms with E-state index in [9.17, 15) is 9.36 Å². The van der Waals surface area contributed by atoms with E-state index in [1.54, 1.807) is 0 Å². The Kier molecular flexibility index (Phi) is 5.25. The van der Waals surface area contributed by atoms with Gasteiger partial charge >= 0.3 is 0 Å². The van der Waals surface area contributed by atoms with E-state index in [2.05, 4.69) is 0 Å². The molecule has 3 aromatic carbocycles. The van der Waals surface area contributed by atoms with Crippen LogP contribution < -0.4 is 10.6 Å². The highest BCUT2D eigenvalue weighted by molar-refractivity contribution is 7.79. The van der Waals surface area contributed by atoms with Crippen molar-refractivity contribution >= 4 is 23.5 Å². The first-order chi connectivity index (χ1) is 12.4. The minimum atomic E-state index is -3.05. The van der Waals surface area contributed by atoms with E-state index in [0.29, 0.717) is 5.56 Å². The summed E-state index contributed by atoms with van der Waals surface area (Å²) in [6.07, 6.45) is 0.00572. The Labute approximate surface area is 155 Å². The molecule has 3 rings (SSSR count). The van der Waals surface area contributed by atoms with Gasteiger partial charge in [0, 0.05) is 16.2 Å². The molecular formula is C23H23O2P. The zero-order valence-corrected chi connectivity index (χ0v) is 16.3. The molecule has 0 spiro atoms. The molecule has 0 bridgehead atoms. The van der Waals surface area contributed by atoms with Gasteiger partial charge in [0.2, 0.25) is 0 Å². The molecule has 3 heteroatoms. The highest BCUT2D eigenvalue weighted by atomic mass is 31.2. The van der Waals surface area contributed by atoms with Crippen LogP contribution in [0.5, 0.6) is 0 Å². The summed E-state index contributed by atoms with van der Waals surface area (Å²) in [6, 6.07) is 22.7. The van der Waals surface area contributed by atoms with Crippen molar-refractivity contribution in [3.63, 3.8) is 0 Å². The molecule has 0 aliphatic rings. The number of Topliss-reactive ketones (excluding diaryl/α,β-unsaturated/α-hetero) is 1. The minimum Gasteiger partial charge on any atom is -0.313 e. The molecule has 0 unspecified atom stereocenters. The zero-order valence-electron chi connectivity index (χ0n) is 15.4. The Morgan fingerprint density at radius 1 is 0.769 bits per heavy atom. The van der Waals surface area contributed by atoms with Gasteiger partial charge in [0.1, 0.15) is 0 Å². The second-order valence-corrected chi connectivity index (χ2v) is 9.59. The molecule has 0 aliphatic carbocycles. The summed E-state index contributed by atoms with van der Waals surface area (Å²) in [5, 5.41) is 1.45. The number of hydrogen-bond acceptors (Lipinski definition) is 2. The summed E-state index contributed by atoms with van der Waals surface area (Å²) >= 11 is 0. The average Bonchev–Trinajstić information content (AvgIpc) is 2.62. The summed E-state index contributed by atoms with van der Waals surface area (Å²) < 4.78 is 14.1. The van der Waals surface area contributed by atoms with E-state index in [1.807, 2.05) is 93.6 Å². The third-order valence-electron chi connectivity index (χ3n) is 4.67. The van der Waals surface area contributed by atoms with Crippen LogP contribution in [0.25, 0.3) is 0 Å². The quantitative estimate of drug-likeness (QED) is 0.482. The third-order valence-corrected chi connectivity index (χ3v) is 7.67. The molecule has 0 N–H and O–H groups in total. The van der Waals surface area contributed by atoms with Gasteiger partial charge in [-0.25, -0.2) is 0 Å². The first kappa shape index (κ1) is 18.4. The SMILES string of the molecule is Cc1cc(C)c(C(=O)CP(=O)(c2ccccc2)c2ccccc2)c(C)c1. The van der Waals surface area contributed by atoms with Crippen LogP contribution in [0, 0.1) is 20.8 Å². The number of carbonyl (C=O) groups is 1. The lowest BCUT2D eigenvalue weighted by molar-refractivity contribution is 0.101. The van der Waals surface area contributed by atoms with Crippen LogP contribution in [-0.2, 0) is 4.57 Å². The van der Waals surface area contributed by atoms with E-state index in [0.717, 1.165) is 27.3 Å². The lowest BCUT2D eigenvalue weighted by Crippen LogP contribution is -2.23. The van der Waals surface area contributed by atoms with E-state index in [4.69, 9.17) is 0 Å². The molecule has 0 heterocycles. The topological polar surface area (TPSA) is 34.1 Å². The lowest BCUT2D eigenvalue weighted by Gasteiger charge is -2.20. The van der Waals surface area contributed by atoms with Crippen molar-refractivity contribution in [1.82, 2.24) is 0 Å². The van der Waals surface area contributed by atoms with Gasteiger partial charge in [-0.2, -0.15) is 0 Å². The van der Waals surface area contributed by atoms with E-state index < -0.39 is 7.14 Å². The smallest absolute Gasteiger partial charge is 0.171 e. The first-order valence-corrected chi connectivity index (χ1v) is 10.6. The van der Waals surface area contributed by atoms with Gasteiger partial charge in [0.25, 0.3) is 0 Å². The molecule has 26 heavy (non-hydrogen) atoms. The van der Waals surface area contributed by atoms with Crippen molar-refractivity contribution in [3.05, 3.63) is 95.1 Å². The van der Waals surface area contributed by atoms with Crippen LogP contribution >= 0.6 is 7.14 Å². The van der Waals surface area contributed by atoms with Crippen molar-refractivity contribution in [2.75, 3.05) is 6.16 Å². The van der Waals surface area contributed by atoms with Gasteiger partial charge in [0.15, 0.2) is 12.9 Å². The summed E-state index contributed by atoms with van der Waals surface area (Å²) in [4.78, 5) is 13.2. The summed E-state index contributed by atoms with van der Waals surface area (Å²) in [5.41, 5.74) is 3.72. The fraction of sp³-hybridized carbons (Fsp3) is 0.174. The van der Waals surface area contributed by atoms with Gasteiger partial charge in [-0.15, -0.1) is 0 Å². The number of rotatable bonds is 5.